The average Bonchev–Trinajstić information content (AvgIpc) is 2.36. The second-order valence-corrected chi connectivity index (χ2v) is 5.47. The van der Waals surface area contributed by atoms with Crippen LogP contribution in [-0.4, -0.2) is 4.99 Å². The molecule has 0 saturated carbocycles. The lowest BCUT2D eigenvalue weighted by atomic mass is 10.1. The van der Waals surface area contributed by atoms with E-state index < -0.39 is 0 Å². The molecule has 98 valence electrons. The molecule has 0 aliphatic carbocycles. The van der Waals surface area contributed by atoms with Crippen molar-refractivity contribution < 1.29 is 0 Å². The summed E-state index contributed by atoms with van der Waals surface area (Å²) in [5.41, 5.74) is 7.83. The quantitative estimate of drug-likeness (QED) is 0.599. The van der Waals surface area contributed by atoms with Crippen LogP contribution in [0.1, 0.15) is 5.56 Å². The molecule has 0 saturated heterocycles. The van der Waals surface area contributed by atoms with Gasteiger partial charge in [-0.3, -0.25) is 0 Å². The van der Waals surface area contributed by atoms with Gasteiger partial charge < -0.3 is 11.1 Å². The number of nitrogens with one attached hydrogen (secondary N) is 1. The zero-order chi connectivity index (χ0) is 14.0. The highest BCUT2D eigenvalue weighted by atomic mass is 35.5. The number of halogens is 3. The molecule has 0 heterocycles. The van der Waals surface area contributed by atoms with Gasteiger partial charge in [-0.25, -0.2) is 0 Å². The molecule has 19 heavy (non-hydrogen) atoms. The van der Waals surface area contributed by atoms with Crippen LogP contribution >= 0.6 is 47.0 Å². The summed E-state index contributed by atoms with van der Waals surface area (Å²) in [7, 11) is 0. The minimum Gasteiger partial charge on any atom is -0.398 e. The van der Waals surface area contributed by atoms with Crippen molar-refractivity contribution in [3.8, 4) is 0 Å². The van der Waals surface area contributed by atoms with E-state index in [0.717, 1.165) is 5.69 Å². The third-order valence-corrected chi connectivity index (χ3v) is 3.73. The Morgan fingerprint density at radius 1 is 1.00 bits per heavy atom. The number of nitrogen functional groups attached to an aromatic ring is 1. The van der Waals surface area contributed by atoms with Gasteiger partial charge in [-0.2, -0.15) is 0 Å². The van der Waals surface area contributed by atoms with Gasteiger partial charge >= 0.3 is 0 Å². The largest absolute Gasteiger partial charge is 0.398 e. The maximum absolute atomic E-state index is 5.94. The van der Waals surface area contributed by atoms with Crippen LogP contribution < -0.4 is 11.1 Å². The minimum atomic E-state index is 0.452. The van der Waals surface area contributed by atoms with E-state index in [1.165, 1.54) is 0 Å². The van der Waals surface area contributed by atoms with Gasteiger partial charge in [0.2, 0.25) is 0 Å². The molecule has 0 spiro atoms. The Balaban J connectivity index is 2.25. The number of rotatable bonds is 2. The van der Waals surface area contributed by atoms with Gasteiger partial charge in [-0.05, 0) is 36.4 Å². The first-order valence-corrected chi connectivity index (χ1v) is 6.83. The van der Waals surface area contributed by atoms with Crippen molar-refractivity contribution in [3.05, 3.63) is 57.0 Å². The standard InChI is InChI=1S/C13H9Cl3N2S/c14-7-1-4-12(17)9(5-7)13(19)18-8-2-3-10(15)11(16)6-8/h1-6H,17H2,(H,18,19). The van der Waals surface area contributed by atoms with E-state index in [0.29, 0.717) is 31.3 Å². The van der Waals surface area contributed by atoms with E-state index in [2.05, 4.69) is 5.32 Å². The summed E-state index contributed by atoms with van der Waals surface area (Å²) in [6, 6.07) is 10.3. The molecule has 2 nitrogen and oxygen atoms in total. The molecule has 3 N–H and O–H groups in total. The number of thiocarbonyl (C=S) groups is 1. The molecule has 0 unspecified atom stereocenters. The first kappa shape index (κ1) is 14.4. The Kier molecular flexibility index (Phi) is 4.53. The summed E-state index contributed by atoms with van der Waals surface area (Å²) in [4.78, 5) is 0.471. The number of nitrogens with two attached hydrogens (primary N) is 1. The zero-order valence-corrected chi connectivity index (χ0v) is 12.7. The van der Waals surface area contributed by atoms with Crippen molar-refractivity contribution in [2.75, 3.05) is 11.1 Å². The van der Waals surface area contributed by atoms with E-state index in [-0.39, 0.29) is 0 Å². The molecule has 0 aliphatic rings. The highest BCUT2D eigenvalue weighted by Gasteiger charge is 2.08. The molecule has 0 radical (unpaired) electrons. The predicted molar refractivity (Wildman–Crippen MR) is 87.6 cm³/mol. The molecule has 0 bridgehead atoms. The molecule has 0 fully saturated rings. The Labute approximate surface area is 131 Å². The van der Waals surface area contributed by atoms with Crippen LogP contribution in [0, 0.1) is 0 Å². The molecule has 0 aliphatic heterocycles. The van der Waals surface area contributed by atoms with Crippen LogP contribution in [0.15, 0.2) is 36.4 Å². The average molecular weight is 332 g/mol. The van der Waals surface area contributed by atoms with Crippen LogP contribution in [0.3, 0.4) is 0 Å². The molecule has 0 amide bonds. The molecule has 0 atom stereocenters. The van der Waals surface area contributed by atoms with Gasteiger partial charge in [-0.15, -0.1) is 0 Å². The van der Waals surface area contributed by atoms with Gasteiger partial charge in [0.1, 0.15) is 4.99 Å². The molecule has 2 rings (SSSR count). The van der Waals surface area contributed by atoms with E-state index in [4.69, 9.17) is 52.8 Å². The summed E-state index contributed by atoms with van der Waals surface area (Å²) in [6.07, 6.45) is 0. The predicted octanol–water partition coefficient (Wildman–Crippen LogP) is 5.02. The summed E-state index contributed by atoms with van der Waals surface area (Å²) in [6.45, 7) is 0. The number of hydrogen-bond donors (Lipinski definition) is 2. The first-order valence-electron chi connectivity index (χ1n) is 5.29. The van der Waals surface area contributed by atoms with Crippen LogP contribution in [-0.2, 0) is 0 Å². The Morgan fingerprint density at radius 3 is 2.42 bits per heavy atom. The van der Waals surface area contributed by atoms with Crippen molar-refractivity contribution in [3.63, 3.8) is 0 Å². The van der Waals surface area contributed by atoms with Crippen LogP contribution in [0.5, 0.6) is 0 Å². The Bertz CT molecular complexity index is 644. The number of hydrogen-bond acceptors (Lipinski definition) is 2. The lowest BCUT2D eigenvalue weighted by Crippen LogP contribution is -2.12. The summed E-state index contributed by atoms with van der Waals surface area (Å²) in [5.74, 6) is 0. The lowest BCUT2D eigenvalue weighted by molar-refractivity contribution is 1.60. The van der Waals surface area contributed by atoms with Gasteiger partial charge in [0.05, 0.1) is 10.0 Å². The molecular weight excluding hydrogens is 323 g/mol. The Hall–Kier alpha value is -1.000. The van der Waals surface area contributed by atoms with Crippen molar-refractivity contribution in [2.45, 2.75) is 0 Å². The SMILES string of the molecule is Nc1ccc(Cl)cc1C(=S)Nc1ccc(Cl)c(Cl)c1. The van der Waals surface area contributed by atoms with Crippen LogP contribution in [0.25, 0.3) is 0 Å². The van der Waals surface area contributed by atoms with E-state index >= 15 is 0 Å². The van der Waals surface area contributed by atoms with Crippen LogP contribution in [0.4, 0.5) is 11.4 Å². The minimum absolute atomic E-state index is 0.452. The van der Waals surface area contributed by atoms with E-state index in [1.54, 1.807) is 36.4 Å². The maximum Gasteiger partial charge on any atom is 0.113 e. The lowest BCUT2D eigenvalue weighted by Gasteiger charge is -2.11. The fourth-order valence-electron chi connectivity index (χ4n) is 1.50. The normalized spacial score (nSPS) is 10.3. The van der Waals surface area contributed by atoms with Crippen molar-refractivity contribution in [2.24, 2.45) is 0 Å². The summed E-state index contributed by atoms with van der Waals surface area (Å²) >= 11 is 23.0. The molecule has 6 heteroatoms. The molecule has 2 aromatic rings. The van der Waals surface area contributed by atoms with Crippen molar-refractivity contribution in [1.29, 1.82) is 0 Å². The van der Waals surface area contributed by atoms with Crippen molar-refractivity contribution >= 4 is 63.4 Å². The van der Waals surface area contributed by atoms with E-state index in [9.17, 15) is 0 Å². The highest BCUT2D eigenvalue weighted by molar-refractivity contribution is 7.81. The second-order valence-electron chi connectivity index (χ2n) is 3.81. The second kappa shape index (κ2) is 5.97. The first-order chi connectivity index (χ1) is 8.97. The fourth-order valence-corrected chi connectivity index (χ4v) is 2.26. The van der Waals surface area contributed by atoms with Crippen molar-refractivity contribution in [1.82, 2.24) is 0 Å². The smallest absolute Gasteiger partial charge is 0.113 e. The van der Waals surface area contributed by atoms with Crippen LogP contribution in [0.2, 0.25) is 15.1 Å². The molecule has 2 aromatic carbocycles. The number of benzene rings is 2. The third-order valence-electron chi connectivity index (χ3n) is 2.44. The third kappa shape index (κ3) is 3.51. The zero-order valence-electron chi connectivity index (χ0n) is 9.58. The van der Waals surface area contributed by atoms with Gasteiger partial charge in [-0.1, -0.05) is 47.0 Å². The number of anilines is 2. The topological polar surface area (TPSA) is 38.0 Å². The monoisotopic (exact) mass is 330 g/mol. The van der Waals surface area contributed by atoms with Gasteiger partial charge in [0, 0.05) is 22.0 Å². The summed E-state index contributed by atoms with van der Waals surface area (Å²) in [5, 5.41) is 4.55. The maximum atomic E-state index is 5.94. The Morgan fingerprint density at radius 2 is 1.74 bits per heavy atom. The highest BCUT2D eigenvalue weighted by Crippen LogP contribution is 2.26. The van der Waals surface area contributed by atoms with Gasteiger partial charge in [0.15, 0.2) is 0 Å². The van der Waals surface area contributed by atoms with E-state index in [1.807, 2.05) is 0 Å². The summed E-state index contributed by atoms with van der Waals surface area (Å²) < 4.78 is 0. The molecule has 0 aromatic heterocycles. The molecular formula is C13H9Cl3N2S. The van der Waals surface area contributed by atoms with Gasteiger partial charge in [0.25, 0.3) is 0 Å². The fraction of sp³-hybridized carbons (Fsp3) is 0.